The van der Waals surface area contributed by atoms with E-state index < -0.39 is 0 Å². The molecule has 0 aromatic heterocycles. The number of hydrogen-bond donors (Lipinski definition) is 1. The van der Waals surface area contributed by atoms with Crippen molar-refractivity contribution in [2.75, 3.05) is 0 Å². The minimum atomic E-state index is -0.370. The second-order valence-electron chi connectivity index (χ2n) is 12.3. The van der Waals surface area contributed by atoms with Gasteiger partial charge in [0.05, 0.1) is 5.57 Å². The molecule has 0 saturated heterocycles. The number of allylic oxidation sites excluding steroid dienone is 4. The average molecular weight is 491 g/mol. The van der Waals surface area contributed by atoms with Crippen molar-refractivity contribution >= 4 is 11.5 Å². The van der Waals surface area contributed by atoms with Crippen molar-refractivity contribution in [1.82, 2.24) is 0 Å². The largest absolute Gasteiger partial charge is 0.507 e. The molecule has 6 rings (SSSR count). The van der Waals surface area contributed by atoms with Gasteiger partial charge in [-0.3, -0.25) is 4.79 Å². The van der Waals surface area contributed by atoms with Crippen molar-refractivity contribution in [3.63, 3.8) is 0 Å². The quantitative estimate of drug-likeness (QED) is 0.452. The molecule has 4 aliphatic heterocycles. The highest BCUT2D eigenvalue weighted by Gasteiger charge is 2.45. The summed E-state index contributed by atoms with van der Waals surface area (Å²) in [5.41, 5.74) is 3.33. The molecular formula is C30H34O6. The molecule has 6 nitrogen and oxygen atoms in total. The van der Waals surface area contributed by atoms with Gasteiger partial charge in [0, 0.05) is 22.8 Å². The maximum Gasteiger partial charge on any atom is 0.182 e. The van der Waals surface area contributed by atoms with E-state index in [9.17, 15) is 9.90 Å². The van der Waals surface area contributed by atoms with Gasteiger partial charge in [0.15, 0.2) is 5.78 Å². The monoisotopic (exact) mass is 490 g/mol. The fraction of sp³-hybridized carbons (Fsp3) is 0.500. The number of aliphatic hydroxyl groups excluding tert-OH is 1. The van der Waals surface area contributed by atoms with E-state index in [1.54, 1.807) is 6.08 Å². The van der Waals surface area contributed by atoms with Crippen LogP contribution in [0.2, 0.25) is 0 Å². The van der Waals surface area contributed by atoms with Gasteiger partial charge >= 0.3 is 0 Å². The van der Waals surface area contributed by atoms with Crippen LogP contribution in [-0.2, 0) is 22.4 Å². The number of carbonyl (C=O) groups is 1. The molecule has 0 fully saturated rings. The van der Waals surface area contributed by atoms with Gasteiger partial charge in [0.25, 0.3) is 0 Å². The Morgan fingerprint density at radius 2 is 1.31 bits per heavy atom. The van der Waals surface area contributed by atoms with Crippen LogP contribution in [0.5, 0.6) is 17.2 Å². The third kappa shape index (κ3) is 3.64. The Morgan fingerprint density at radius 3 is 1.97 bits per heavy atom. The van der Waals surface area contributed by atoms with E-state index in [0.29, 0.717) is 23.5 Å². The SMILES string of the molecule is CC1(C)CCC2=C(O1)c1c(c3c(c4c1OC(C)(C)CC4)OC(C)(C)CC3)OC2=C1C=CC(=O)C=C1O. The Hall–Kier alpha value is -3.15. The lowest BCUT2D eigenvalue weighted by Crippen LogP contribution is -2.38. The molecule has 4 heterocycles. The number of benzene rings is 1. The lowest BCUT2D eigenvalue weighted by Gasteiger charge is -2.44. The molecule has 5 aliphatic rings. The van der Waals surface area contributed by atoms with E-state index in [1.807, 2.05) is 0 Å². The van der Waals surface area contributed by atoms with E-state index in [1.165, 1.54) is 12.2 Å². The highest BCUT2D eigenvalue weighted by Crippen LogP contribution is 2.58. The summed E-state index contributed by atoms with van der Waals surface area (Å²) in [5, 5.41) is 10.7. The fourth-order valence-corrected chi connectivity index (χ4v) is 5.74. The Bertz CT molecular complexity index is 1330. The van der Waals surface area contributed by atoms with Gasteiger partial charge in [-0.25, -0.2) is 0 Å². The average Bonchev–Trinajstić information content (AvgIpc) is 2.76. The first-order chi connectivity index (χ1) is 16.8. The van der Waals surface area contributed by atoms with E-state index in [-0.39, 0.29) is 28.3 Å². The van der Waals surface area contributed by atoms with Gasteiger partial charge in [-0.15, -0.1) is 0 Å². The van der Waals surface area contributed by atoms with E-state index in [2.05, 4.69) is 41.5 Å². The van der Waals surface area contributed by atoms with Gasteiger partial charge < -0.3 is 24.1 Å². The van der Waals surface area contributed by atoms with Crippen molar-refractivity contribution in [1.29, 1.82) is 0 Å². The van der Waals surface area contributed by atoms with E-state index in [0.717, 1.165) is 71.6 Å². The minimum Gasteiger partial charge on any atom is -0.507 e. The smallest absolute Gasteiger partial charge is 0.182 e. The van der Waals surface area contributed by atoms with Crippen molar-refractivity contribution in [3.05, 3.63) is 57.6 Å². The zero-order valence-corrected chi connectivity index (χ0v) is 22.0. The predicted molar refractivity (Wildman–Crippen MR) is 136 cm³/mol. The summed E-state index contributed by atoms with van der Waals surface area (Å²) in [6, 6.07) is 0. The Balaban J connectivity index is 1.67. The Labute approximate surface area is 212 Å². The number of hydrogen-bond acceptors (Lipinski definition) is 6. The summed E-state index contributed by atoms with van der Waals surface area (Å²) >= 11 is 0. The van der Waals surface area contributed by atoms with Gasteiger partial charge in [-0.2, -0.15) is 0 Å². The van der Waals surface area contributed by atoms with Gasteiger partial charge in [0.1, 0.15) is 56.9 Å². The maximum absolute atomic E-state index is 11.9. The van der Waals surface area contributed by atoms with Crippen LogP contribution in [0.1, 0.15) is 83.9 Å². The second kappa shape index (κ2) is 7.44. The predicted octanol–water partition coefficient (Wildman–Crippen LogP) is 6.42. The normalized spacial score (nSPS) is 26.7. The summed E-state index contributed by atoms with van der Waals surface area (Å²) in [6.07, 6.45) is 9.22. The molecule has 1 aromatic rings. The summed E-state index contributed by atoms with van der Waals surface area (Å²) < 4.78 is 26.7. The lowest BCUT2D eigenvalue weighted by molar-refractivity contribution is -0.110. The van der Waals surface area contributed by atoms with Crippen molar-refractivity contribution in [2.24, 2.45) is 0 Å². The Morgan fingerprint density at radius 1 is 0.722 bits per heavy atom. The summed E-state index contributed by atoms with van der Waals surface area (Å²) in [5.74, 6) is 3.24. The molecule has 36 heavy (non-hydrogen) atoms. The molecule has 0 atom stereocenters. The molecule has 1 aromatic carbocycles. The third-order valence-electron chi connectivity index (χ3n) is 7.81. The highest BCUT2D eigenvalue weighted by molar-refractivity contribution is 6.02. The minimum absolute atomic E-state index is 0.0979. The molecule has 0 radical (unpaired) electrons. The van der Waals surface area contributed by atoms with Gasteiger partial charge in [-0.1, -0.05) is 0 Å². The summed E-state index contributed by atoms with van der Waals surface area (Å²) in [6.45, 7) is 12.6. The molecule has 0 amide bonds. The summed E-state index contributed by atoms with van der Waals surface area (Å²) in [4.78, 5) is 11.9. The fourth-order valence-electron chi connectivity index (χ4n) is 5.74. The summed E-state index contributed by atoms with van der Waals surface area (Å²) in [7, 11) is 0. The molecule has 6 heteroatoms. The topological polar surface area (TPSA) is 74.2 Å². The molecular weight excluding hydrogens is 456 g/mol. The maximum atomic E-state index is 11.9. The molecule has 0 bridgehead atoms. The van der Waals surface area contributed by atoms with Crippen molar-refractivity contribution in [3.8, 4) is 17.2 Å². The first-order valence-electron chi connectivity index (χ1n) is 12.9. The second-order valence-corrected chi connectivity index (χ2v) is 12.3. The molecule has 0 unspecified atom stereocenters. The number of aliphatic hydroxyl groups is 1. The van der Waals surface area contributed by atoms with E-state index >= 15 is 0 Å². The van der Waals surface area contributed by atoms with Crippen LogP contribution in [0.4, 0.5) is 0 Å². The number of ether oxygens (including phenoxy) is 4. The Kier molecular flexibility index (Phi) is 4.80. The molecule has 0 spiro atoms. The van der Waals surface area contributed by atoms with Crippen LogP contribution in [0.3, 0.4) is 0 Å². The van der Waals surface area contributed by atoms with Crippen LogP contribution in [0, 0.1) is 0 Å². The zero-order chi connectivity index (χ0) is 25.6. The van der Waals surface area contributed by atoms with Crippen LogP contribution in [-0.4, -0.2) is 27.7 Å². The highest BCUT2D eigenvalue weighted by atomic mass is 16.5. The van der Waals surface area contributed by atoms with Crippen LogP contribution < -0.4 is 14.2 Å². The number of fused-ring (bicyclic) bond motifs is 7. The van der Waals surface area contributed by atoms with Crippen molar-refractivity contribution in [2.45, 2.75) is 96.9 Å². The molecule has 1 aliphatic carbocycles. The van der Waals surface area contributed by atoms with E-state index in [4.69, 9.17) is 18.9 Å². The first kappa shape index (κ1) is 23.3. The number of rotatable bonds is 0. The molecule has 0 saturated carbocycles. The standard InChI is InChI=1S/C30H34O6/c1-28(2)13-10-19-24(34-28)20-11-14-30(5,6)36-27(20)22-25(19)33-23(17-8-7-16(31)15-21(17)32)18-9-12-29(3,4)35-26(18)22/h7-8,15,32H,9-14H2,1-6H3. The van der Waals surface area contributed by atoms with Crippen LogP contribution in [0.15, 0.2) is 40.9 Å². The molecule has 190 valence electrons. The lowest BCUT2D eigenvalue weighted by atomic mass is 9.82. The third-order valence-corrected chi connectivity index (χ3v) is 7.81. The number of carbonyl (C=O) groups excluding carboxylic acids is 1. The van der Waals surface area contributed by atoms with Gasteiger partial charge in [-0.05, 0) is 92.2 Å². The van der Waals surface area contributed by atoms with Crippen molar-refractivity contribution < 1.29 is 28.8 Å². The number of ketones is 1. The van der Waals surface area contributed by atoms with Crippen LogP contribution >= 0.6 is 0 Å². The zero-order valence-electron chi connectivity index (χ0n) is 22.0. The van der Waals surface area contributed by atoms with Gasteiger partial charge in [0.2, 0.25) is 0 Å². The molecule has 1 N–H and O–H groups in total. The van der Waals surface area contributed by atoms with Crippen LogP contribution in [0.25, 0.3) is 5.76 Å². The first-order valence-corrected chi connectivity index (χ1v) is 12.9.